The maximum atomic E-state index is 12.5. The molecule has 3 rings (SSSR count). The van der Waals surface area contributed by atoms with Crippen LogP contribution in [0.5, 0.6) is 0 Å². The SMILES string of the molecule is C=C(CC(=O)OC1CCCCC1)C(=O)OCC(=O)c1cccc2ccccc12. The summed E-state index contributed by atoms with van der Waals surface area (Å²) in [6.45, 7) is 3.20. The Morgan fingerprint density at radius 3 is 2.46 bits per heavy atom. The first-order chi connectivity index (χ1) is 13.5. The van der Waals surface area contributed by atoms with Crippen LogP contribution in [0.1, 0.15) is 48.9 Å². The largest absolute Gasteiger partial charge is 0.462 e. The standard InChI is InChI=1S/C23H24O5/c1-16(14-22(25)28-18-10-3-2-4-11-18)23(26)27-15-21(24)20-13-7-9-17-8-5-6-12-19(17)20/h5-9,12-13,18H,1-4,10-11,14-15H2. The second kappa shape index (κ2) is 9.31. The number of hydrogen-bond acceptors (Lipinski definition) is 5. The van der Waals surface area contributed by atoms with Crippen LogP contribution >= 0.6 is 0 Å². The van der Waals surface area contributed by atoms with Crippen molar-refractivity contribution in [1.82, 2.24) is 0 Å². The molecule has 0 saturated heterocycles. The Balaban J connectivity index is 1.50. The van der Waals surface area contributed by atoms with Crippen LogP contribution in [0.15, 0.2) is 54.6 Å². The Bertz CT molecular complexity index is 888. The summed E-state index contributed by atoms with van der Waals surface area (Å²) in [5, 5.41) is 1.75. The fourth-order valence-corrected chi connectivity index (χ4v) is 3.44. The summed E-state index contributed by atoms with van der Waals surface area (Å²) >= 11 is 0. The number of ketones is 1. The zero-order valence-corrected chi connectivity index (χ0v) is 15.8. The Hall–Kier alpha value is -2.95. The third-order valence-corrected chi connectivity index (χ3v) is 4.92. The van der Waals surface area contributed by atoms with Gasteiger partial charge in [0, 0.05) is 11.1 Å². The summed E-state index contributed by atoms with van der Waals surface area (Å²) in [7, 11) is 0. The molecule has 1 fully saturated rings. The molecular weight excluding hydrogens is 356 g/mol. The molecule has 1 aliphatic carbocycles. The minimum absolute atomic E-state index is 0.00784. The molecule has 5 heteroatoms. The van der Waals surface area contributed by atoms with Crippen LogP contribution in [0, 0.1) is 0 Å². The van der Waals surface area contributed by atoms with Crippen molar-refractivity contribution in [3.8, 4) is 0 Å². The van der Waals surface area contributed by atoms with Crippen molar-refractivity contribution in [2.24, 2.45) is 0 Å². The Morgan fingerprint density at radius 1 is 0.964 bits per heavy atom. The average Bonchev–Trinajstić information content (AvgIpc) is 2.71. The molecule has 5 nitrogen and oxygen atoms in total. The zero-order valence-electron chi connectivity index (χ0n) is 15.8. The van der Waals surface area contributed by atoms with Crippen molar-refractivity contribution < 1.29 is 23.9 Å². The van der Waals surface area contributed by atoms with E-state index < -0.39 is 18.5 Å². The zero-order chi connectivity index (χ0) is 19.9. The quantitative estimate of drug-likeness (QED) is 0.405. The van der Waals surface area contributed by atoms with Crippen LogP contribution < -0.4 is 0 Å². The van der Waals surface area contributed by atoms with Crippen molar-refractivity contribution in [2.75, 3.05) is 6.61 Å². The first kappa shape index (κ1) is 19.8. The van der Waals surface area contributed by atoms with Gasteiger partial charge in [-0.2, -0.15) is 0 Å². The van der Waals surface area contributed by atoms with Gasteiger partial charge in [0.25, 0.3) is 0 Å². The molecule has 0 N–H and O–H groups in total. The maximum Gasteiger partial charge on any atom is 0.334 e. The molecule has 146 valence electrons. The number of hydrogen-bond donors (Lipinski definition) is 0. The van der Waals surface area contributed by atoms with Crippen LogP contribution in [0.25, 0.3) is 10.8 Å². The molecule has 2 aromatic carbocycles. The molecule has 0 spiro atoms. The summed E-state index contributed by atoms with van der Waals surface area (Å²) in [4.78, 5) is 36.5. The van der Waals surface area contributed by atoms with Crippen molar-refractivity contribution in [3.05, 3.63) is 60.2 Å². The van der Waals surface area contributed by atoms with Gasteiger partial charge >= 0.3 is 11.9 Å². The number of carbonyl (C=O) groups excluding carboxylic acids is 3. The van der Waals surface area contributed by atoms with E-state index in [1.54, 1.807) is 12.1 Å². The first-order valence-electron chi connectivity index (χ1n) is 9.60. The molecule has 0 heterocycles. The van der Waals surface area contributed by atoms with E-state index in [0.717, 1.165) is 42.9 Å². The molecule has 1 saturated carbocycles. The summed E-state index contributed by atoms with van der Waals surface area (Å²) in [6, 6.07) is 12.9. The van der Waals surface area contributed by atoms with E-state index in [9.17, 15) is 14.4 Å². The van der Waals surface area contributed by atoms with Gasteiger partial charge in [0.2, 0.25) is 5.78 Å². The molecule has 0 aromatic heterocycles. The monoisotopic (exact) mass is 380 g/mol. The number of Topliss-reactive ketones (excluding diaryl/α,β-unsaturated/α-hetero) is 1. The number of carbonyl (C=O) groups is 3. The highest BCUT2D eigenvalue weighted by atomic mass is 16.5. The van der Waals surface area contributed by atoms with Gasteiger partial charge in [-0.05, 0) is 36.5 Å². The van der Waals surface area contributed by atoms with Gasteiger partial charge in [0.15, 0.2) is 6.61 Å². The minimum atomic E-state index is -0.755. The van der Waals surface area contributed by atoms with Gasteiger partial charge in [-0.25, -0.2) is 4.79 Å². The minimum Gasteiger partial charge on any atom is -0.462 e. The van der Waals surface area contributed by atoms with Crippen molar-refractivity contribution in [3.63, 3.8) is 0 Å². The van der Waals surface area contributed by atoms with E-state index in [4.69, 9.17) is 9.47 Å². The fraction of sp³-hybridized carbons (Fsp3) is 0.348. The number of fused-ring (bicyclic) bond motifs is 1. The smallest absolute Gasteiger partial charge is 0.334 e. The number of benzene rings is 2. The van der Waals surface area contributed by atoms with E-state index in [-0.39, 0.29) is 23.9 Å². The van der Waals surface area contributed by atoms with Crippen molar-refractivity contribution in [2.45, 2.75) is 44.6 Å². The highest BCUT2D eigenvalue weighted by molar-refractivity contribution is 6.09. The second-order valence-electron chi connectivity index (χ2n) is 7.06. The molecule has 0 unspecified atom stereocenters. The molecule has 0 radical (unpaired) electrons. The molecule has 0 bridgehead atoms. The van der Waals surface area contributed by atoms with E-state index in [1.165, 1.54) is 0 Å². The van der Waals surface area contributed by atoms with Gasteiger partial charge in [-0.1, -0.05) is 55.5 Å². The predicted molar refractivity (Wildman–Crippen MR) is 106 cm³/mol. The van der Waals surface area contributed by atoms with Crippen molar-refractivity contribution >= 4 is 28.5 Å². The van der Waals surface area contributed by atoms with Gasteiger partial charge in [-0.15, -0.1) is 0 Å². The maximum absolute atomic E-state index is 12.5. The number of rotatable bonds is 7. The summed E-state index contributed by atoms with van der Waals surface area (Å²) < 4.78 is 10.4. The third-order valence-electron chi connectivity index (χ3n) is 4.92. The molecule has 0 aliphatic heterocycles. The van der Waals surface area contributed by atoms with Gasteiger partial charge in [0.05, 0.1) is 6.42 Å². The molecule has 0 amide bonds. The van der Waals surface area contributed by atoms with E-state index in [0.29, 0.717) is 5.56 Å². The molecule has 28 heavy (non-hydrogen) atoms. The number of esters is 2. The fourth-order valence-electron chi connectivity index (χ4n) is 3.44. The lowest BCUT2D eigenvalue weighted by Crippen LogP contribution is -2.22. The van der Waals surface area contributed by atoms with E-state index >= 15 is 0 Å². The van der Waals surface area contributed by atoms with Crippen LogP contribution in [0.4, 0.5) is 0 Å². The van der Waals surface area contributed by atoms with Gasteiger partial charge in [0.1, 0.15) is 6.10 Å². The highest BCUT2D eigenvalue weighted by Crippen LogP contribution is 2.21. The Morgan fingerprint density at radius 2 is 1.68 bits per heavy atom. The summed E-state index contributed by atoms with van der Waals surface area (Å²) in [6.07, 6.45) is 4.70. The normalized spacial score (nSPS) is 14.4. The van der Waals surface area contributed by atoms with E-state index in [1.807, 2.05) is 30.3 Å². The molecule has 2 aromatic rings. The second-order valence-corrected chi connectivity index (χ2v) is 7.06. The van der Waals surface area contributed by atoms with Crippen LogP contribution in [0.3, 0.4) is 0 Å². The van der Waals surface area contributed by atoms with Gasteiger partial charge < -0.3 is 9.47 Å². The summed E-state index contributed by atoms with van der Waals surface area (Å²) in [5.41, 5.74) is 0.486. The molecule has 1 aliphatic rings. The van der Waals surface area contributed by atoms with Crippen LogP contribution in [-0.2, 0) is 19.1 Å². The van der Waals surface area contributed by atoms with Gasteiger partial charge in [-0.3, -0.25) is 9.59 Å². The lowest BCUT2D eigenvalue weighted by atomic mass is 9.98. The molecular formula is C23H24O5. The summed E-state index contributed by atoms with van der Waals surface area (Å²) in [5.74, 6) is -1.54. The lowest BCUT2D eigenvalue weighted by molar-refractivity contribution is -0.151. The lowest BCUT2D eigenvalue weighted by Gasteiger charge is -2.21. The van der Waals surface area contributed by atoms with E-state index in [2.05, 4.69) is 6.58 Å². The highest BCUT2D eigenvalue weighted by Gasteiger charge is 2.21. The topological polar surface area (TPSA) is 69.7 Å². The Kier molecular flexibility index (Phi) is 6.58. The van der Waals surface area contributed by atoms with Crippen LogP contribution in [-0.4, -0.2) is 30.4 Å². The predicted octanol–water partition coefficient (Wildman–Crippen LogP) is 4.39. The number of ether oxygens (including phenoxy) is 2. The van der Waals surface area contributed by atoms with Crippen LogP contribution in [0.2, 0.25) is 0 Å². The first-order valence-corrected chi connectivity index (χ1v) is 9.60. The average molecular weight is 380 g/mol. The molecule has 0 atom stereocenters. The van der Waals surface area contributed by atoms with Crippen molar-refractivity contribution in [1.29, 1.82) is 0 Å². The Labute approximate surface area is 164 Å². The third kappa shape index (κ3) is 5.06.